The quantitative estimate of drug-likeness (QED) is 0.284. The van der Waals surface area contributed by atoms with Gasteiger partial charge in [0.15, 0.2) is 5.16 Å². The molecule has 3 aromatic rings. The minimum atomic E-state index is -0.375. The van der Waals surface area contributed by atoms with Crippen molar-refractivity contribution in [3.63, 3.8) is 0 Å². The monoisotopic (exact) mass is 439 g/mol. The van der Waals surface area contributed by atoms with Crippen molar-refractivity contribution < 1.29 is 14.3 Å². The largest absolute Gasteiger partial charge is 0.465 e. The molecule has 0 aliphatic rings. The number of aromatic nitrogens is 3. The fraction of sp³-hybridized carbons (Fsp3) is 0.273. The second-order valence-corrected chi connectivity index (χ2v) is 7.61. The average molecular weight is 440 g/mol. The minimum Gasteiger partial charge on any atom is -0.465 e. The van der Waals surface area contributed by atoms with E-state index in [4.69, 9.17) is 4.74 Å². The van der Waals surface area contributed by atoms with Crippen LogP contribution in [0.5, 0.6) is 0 Å². The molecule has 0 unspecified atom stereocenters. The predicted octanol–water partition coefficient (Wildman–Crippen LogP) is 3.47. The summed E-state index contributed by atoms with van der Waals surface area (Å²) in [6.07, 6.45) is 0.154. The maximum atomic E-state index is 12.3. The molecular weight excluding hydrogens is 414 g/mol. The first-order valence-corrected chi connectivity index (χ1v) is 10.9. The Morgan fingerprint density at radius 3 is 2.55 bits per heavy atom. The zero-order valence-corrected chi connectivity index (χ0v) is 18.3. The lowest BCUT2D eigenvalue weighted by Gasteiger charge is -2.11. The van der Waals surface area contributed by atoms with Crippen LogP contribution >= 0.6 is 11.8 Å². The van der Waals surface area contributed by atoms with E-state index in [1.165, 1.54) is 7.11 Å². The van der Waals surface area contributed by atoms with Gasteiger partial charge >= 0.3 is 5.97 Å². The third-order valence-corrected chi connectivity index (χ3v) is 5.44. The molecule has 0 saturated heterocycles. The highest BCUT2D eigenvalue weighted by molar-refractivity contribution is 7.99. The summed E-state index contributed by atoms with van der Waals surface area (Å²) in [5.74, 6) is 0.831. The lowest BCUT2D eigenvalue weighted by molar-refractivity contribution is -0.115. The van der Waals surface area contributed by atoms with Crippen LogP contribution in [0.3, 0.4) is 0 Å². The smallest absolute Gasteiger partial charge is 0.339 e. The van der Waals surface area contributed by atoms with Crippen LogP contribution in [0, 0.1) is 0 Å². The maximum Gasteiger partial charge on any atom is 0.339 e. The van der Waals surface area contributed by atoms with Crippen molar-refractivity contribution >= 4 is 35.0 Å². The van der Waals surface area contributed by atoms with Crippen LogP contribution < -0.4 is 10.6 Å². The Morgan fingerprint density at radius 1 is 1.06 bits per heavy atom. The van der Waals surface area contributed by atoms with Gasteiger partial charge in [-0.25, -0.2) is 4.79 Å². The summed E-state index contributed by atoms with van der Waals surface area (Å²) in [4.78, 5) is 24.2. The van der Waals surface area contributed by atoms with Crippen LogP contribution in [0.25, 0.3) is 0 Å². The van der Waals surface area contributed by atoms with E-state index in [0.29, 0.717) is 30.2 Å². The molecule has 0 radical (unpaired) electrons. The second kappa shape index (κ2) is 11.2. The number of benzene rings is 2. The van der Waals surface area contributed by atoms with E-state index in [9.17, 15) is 9.59 Å². The standard InChI is InChI=1S/C22H25N5O3S/c1-3-27-19(15-20(28)24-16-9-5-4-6-10-16)25-26-22(27)31-14-13-23-18-12-8-7-11-17(18)21(29)30-2/h4-12,23H,3,13-15H2,1-2H3,(H,24,28). The van der Waals surface area contributed by atoms with Gasteiger partial charge in [-0.15, -0.1) is 10.2 Å². The van der Waals surface area contributed by atoms with E-state index in [2.05, 4.69) is 20.8 Å². The second-order valence-electron chi connectivity index (χ2n) is 6.55. The first-order chi connectivity index (χ1) is 15.1. The number of esters is 1. The topological polar surface area (TPSA) is 98.1 Å². The number of nitrogens with zero attached hydrogens (tertiary/aromatic N) is 3. The summed E-state index contributed by atoms with van der Waals surface area (Å²) in [5, 5.41) is 15.3. The van der Waals surface area contributed by atoms with Crippen molar-refractivity contribution in [2.45, 2.75) is 25.0 Å². The number of ether oxygens (including phenoxy) is 1. The van der Waals surface area contributed by atoms with Gasteiger partial charge in [-0.3, -0.25) is 4.79 Å². The number of anilines is 2. The number of amides is 1. The number of nitrogens with one attached hydrogen (secondary N) is 2. The minimum absolute atomic E-state index is 0.133. The molecule has 0 bridgehead atoms. The van der Waals surface area contributed by atoms with Gasteiger partial charge in [-0.2, -0.15) is 0 Å². The first kappa shape index (κ1) is 22.4. The number of methoxy groups -OCH3 is 1. The predicted molar refractivity (Wildman–Crippen MR) is 121 cm³/mol. The zero-order chi connectivity index (χ0) is 22.1. The van der Waals surface area contributed by atoms with Crippen LogP contribution in [0.4, 0.5) is 11.4 Å². The molecule has 0 aliphatic heterocycles. The van der Waals surface area contributed by atoms with Gasteiger partial charge in [0.1, 0.15) is 5.82 Å². The number of hydrogen-bond donors (Lipinski definition) is 2. The van der Waals surface area contributed by atoms with Gasteiger partial charge in [0.25, 0.3) is 0 Å². The van der Waals surface area contributed by atoms with Crippen LogP contribution in [0.1, 0.15) is 23.1 Å². The molecule has 1 heterocycles. The Kier molecular flexibility index (Phi) is 8.05. The molecule has 162 valence electrons. The molecule has 9 heteroatoms. The Labute approximate surface area is 185 Å². The highest BCUT2D eigenvalue weighted by Gasteiger charge is 2.15. The van der Waals surface area contributed by atoms with E-state index in [1.54, 1.807) is 23.9 Å². The maximum absolute atomic E-state index is 12.3. The van der Waals surface area contributed by atoms with Gasteiger partial charge in [0, 0.05) is 30.2 Å². The lowest BCUT2D eigenvalue weighted by atomic mass is 10.2. The van der Waals surface area contributed by atoms with E-state index in [0.717, 1.165) is 16.5 Å². The van der Waals surface area contributed by atoms with Crippen LogP contribution in [0.2, 0.25) is 0 Å². The first-order valence-electron chi connectivity index (χ1n) is 9.93. The molecule has 1 amide bonds. The van der Waals surface area contributed by atoms with Crippen LogP contribution in [-0.2, 0) is 22.5 Å². The van der Waals surface area contributed by atoms with Crippen LogP contribution in [-0.4, -0.2) is 46.0 Å². The molecule has 3 rings (SSSR count). The van der Waals surface area contributed by atoms with Crippen molar-refractivity contribution in [2.24, 2.45) is 0 Å². The molecular formula is C22H25N5O3S. The summed E-state index contributed by atoms with van der Waals surface area (Å²) in [5.41, 5.74) is 1.98. The number of thioether (sulfide) groups is 1. The van der Waals surface area contributed by atoms with Gasteiger partial charge < -0.3 is 19.9 Å². The number of carbonyl (C=O) groups excluding carboxylic acids is 2. The van der Waals surface area contributed by atoms with Gasteiger partial charge in [-0.05, 0) is 31.2 Å². The summed E-state index contributed by atoms with van der Waals surface area (Å²) in [7, 11) is 1.37. The molecule has 0 saturated carbocycles. The normalized spacial score (nSPS) is 10.5. The molecule has 0 aliphatic carbocycles. The molecule has 2 N–H and O–H groups in total. The molecule has 0 atom stereocenters. The zero-order valence-electron chi connectivity index (χ0n) is 17.5. The van der Waals surface area contributed by atoms with E-state index in [-0.39, 0.29) is 18.3 Å². The van der Waals surface area contributed by atoms with Crippen molar-refractivity contribution in [3.05, 3.63) is 66.0 Å². The van der Waals surface area contributed by atoms with E-state index in [1.807, 2.05) is 54.0 Å². The summed E-state index contributed by atoms with van der Waals surface area (Å²) < 4.78 is 6.76. The Hall–Kier alpha value is -3.33. The number of rotatable bonds is 10. The SMILES string of the molecule is CCn1c(CC(=O)Nc2ccccc2)nnc1SCCNc1ccccc1C(=O)OC. The summed E-state index contributed by atoms with van der Waals surface area (Å²) in [6, 6.07) is 16.6. The number of carbonyl (C=O) groups is 2. The van der Waals surface area contributed by atoms with Crippen molar-refractivity contribution in [1.82, 2.24) is 14.8 Å². The Bertz CT molecular complexity index is 1020. The van der Waals surface area contributed by atoms with Gasteiger partial charge in [0.05, 0.1) is 19.1 Å². The highest BCUT2D eigenvalue weighted by atomic mass is 32.2. The lowest BCUT2D eigenvalue weighted by Crippen LogP contribution is -2.17. The van der Waals surface area contributed by atoms with Crippen LogP contribution in [0.15, 0.2) is 59.8 Å². The van der Waals surface area contributed by atoms with Gasteiger partial charge in [0.2, 0.25) is 5.91 Å². The third kappa shape index (κ3) is 6.08. The van der Waals surface area contributed by atoms with Gasteiger partial charge in [-0.1, -0.05) is 42.1 Å². The fourth-order valence-corrected chi connectivity index (χ4v) is 3.87. The molecule has 8 nitrogen and oxygen atoms in total. The van der Waals surface area contributed by atoms with Crippen molar-refractivity contribution in [1.29, 1.82) is 0 Å². The number of para-hydroxylation sites is 2. The Morgan fingerprint density at radius 2 is 1.81 bits per heavy atom. The number of hydrogen-bond acceptors (Lipinski definition) is 7. The molecule has 0 fully saturated rings. The van der Waals surface area contributed by atoms with Crippen molar-refractivity contribution in [2.75, 3.05) is 30.0 Å². The average Bonchev–Trinajstić information content (AvgIpc) is 3.18. The third-order valence-electron chi connectivity index (χ3n) is 4.47. The van der Waals surface area contributed by atoms with E-state index < -0.39 is 0 Å². The Balaban J connectivity index is 1.54. The summed E-state index contributed by atoms with van der Waals surface area (Å²) >= 11 is 1.54. The molecule has 2 aromatic carbocycles. The molecule has 31 heavy (non-hydrogen) atoms. The highest BCUT2D eigenvalue weighted by Crippen LogP contribution is 2.19. The molecule has 0 spiro atoms. The van der Waals surface area contributed by atoms with Crippen molar-refractivity contribution in [3.8, 4) is 0 Å². The summed E-state index contributed by atoms with van der Waals surface area (Å²) in [6.45, 7) is 3.29. The fourth-order valence-electron chi connectivity index (χ4n) is 3.00. The molecule has 1 aromatic heterocycles. The van der Waals surface area contributed by atoms with E-state index >= 15 is 0 Å².